The minimum absolute atomic E-state index is 0.0601. The number of methoxy groups -OCH3 is 1. The molecule has 188 valence electrons. The third-order valence-electron chi connectivity index (χ3n) is 5.83. The summed E-state index contributed by atoms with van der Waals surface area (Å²) < 4.78 is 16.9. The second-order valence-corrected chi connectivity index (χ2v) is 9.02. The fourth-order valence-corrected chi connectivity index (χ4v) is 4.20. The van der Waals surface area contributed by atoms with Crippen LogP contribution in [0.2, 0.25) is 0 Å². The number of amides is 1. The standard InChI is InChI=1S/C28H35NO6/c1-7-13-29-25(19-9-12-22(34-8-2)23(15-19)33-6)24(27(31)28(29)32)26(30)20-10-11-21(18(5)14-20)35-16-17(3)4/h9-12,14-15,17,25,30H,7-8,13,16H2,1-6H3/b26-24-. The number of benzene rings is 2. The van der Waals surface area contributed by atoms with Crippen molar-refractivity contribution >= 4 is 17.4 Å². The smallest absolute Gasteiger partial charge is 0.295 e. The molecule has 1 aliphatic rings. The molecule has 1 saturated heterocycles. The lowest BCUT2D eigenvalue weighted by molar-refractivity contribution is -0.139. The van der Waals surface area contributed by atoms with Gasteiger partial charge >= 0.3 is 0 Å². The van der Waals surface area contributed by atoms with E-state index in [9.17, 15) is 14.7 Å². The number of nitrogens with zero attached hydrogens (tertiary/aromatic N) is 1. The number of aliphatic hydroxyl groups is 1. The normalized spacial score (nSPS) is 17.2. The summed E-state index contributed by atoms with van der Waals surface area (Å²) >= 11 is 0. The first kappa shape index (κ1) is 26.1. The third kappa shape index (κ3) is 5.45. The number of hydrogen-bond acceptors (Lipinski definition) is 6. The fraction of sp³-hybridized carbons (Fsp3) is 0.429. The molecule has 1 amide bonds. The molecule has 1 N–H and O–H groups in total. The lowest BCUT2D eigenvalue weighted by atomic mass is 9.94. The molecule has 0 spiro atoms. The molecule has 2 aromatic rings. The van der Waals surface area contributed by atoms with Gasteiger partial charge in [-0.2, -0.15) is 0 Å². The van der Waals surface area contributed by atoms with Gasteiger partial charge < -0.3 is 24.2 Å². The Balaban J connectivity index is 2.11. The van der Waals surface area contributed by atoms with Gasteiger partial charge in [-0.05, 0) is 67.6 Å². The summed E-state index contributed by atoms with van der Waals surface area (Å²) in [6.07, 6.45) is 0.665. The molecule has 0 aromatic heterocycles. The van der Waals surface area contributed by atoms with Gasteiger partial charge in [0.05, 0.1) is 31.9 Å². The van der Waals surface area contributed by atoms with Crippen molar-refractivity contribution in [2.45, 2.75) is 47.1 Å². The zero-order valence-corrected chi connectivity index (χ0v) is 21.4. The molecule has 7 nitrogen and oxygen atoms in total. The lowest BCUT2D eigenvalue weighted by Gasteiger charge is -2.25. The highest BCUT2D eigenvalue weighted by atomic mass is 16.5. The van der Waals surface area contributed by atoms with E-state index in [4.69, 9.17) is 14.2 Å². The van der Waals surface area contributed by atoms with Gasteiger partial charge in [-0.15, -0.1) is 0 Å². The van der Waals surface area contributed by atoms with Crippen molar-refractivity contribution in [3.63, 3.8) is 0 Å². The first-order valence-electron chi connectivity index (χ1n) is 12.1. The minimum Gasteiger partial charge on any atom is -0.507 e. The van der Waals surface area contributed by atoms with Crippen LogP contribution in [-0.4, -0.2) is 48.6 Å². The van der Waals surface area contributed by atoms with E-state index in [1.807, 2.05) is 20.8 Å². The number of ketones is 1. The number of aliphatic hydroxyl groups excluding tert-OH is 1. The summed E-state index contributed by atoms with van der Waals surface area (Å²) in [6, 6.07) is 9.84. The highest BCUT2D eigenvalue weighted by molar-refractivity contribution is 6.46. The predicted octanol–water partition coefficient (Wildman–Crippen LogP) is 5.27. The van der Waals surface area contributed by atoms with Gasteiger partial charge in [0.1, 0.15) is 11.5 Å². The largest absolute Gasteiger partial charge is 0.507 e. The van der Waals surface area contributed by atoms with Crippen molar-refractivity contribution in [3.8, 4) is 17.2 Å². The number of rotatable bonds is 10. The second kappa shape index (κ2) is 11.3. The number of aryl methyl sites for hydroxylation is 1. The molecular formula is C28H35NO6. The average Bonchev–Trinajstić information content (AvgIpc) is 3.08. The van der Waals surface area contributed by atoms with Crippen molar-refractivity contribution in [2.75, 3.05) is 26.9 Å². The lowest BCUT2D eigenvalue weighted by Crippen LogP contribution is -2.30. The van der Waals surface area contributed by atoms with Crippen LogP contribution in [0.5, 0.6) is 17.2 Å². The molecule has 0 aliphatic carbocycles. The van der Waals surface area contributed by atoms with Crippen LogP contribution in [0.1, 0.15) is 56.8 Å². The summed E-state index contributed by atoms with van der Waals surface area (Å²) in [5, 5.41) is 11.3. The molecule has 1 heterocycles. The van der Waals surface area contributed by atoms with E-state index < -0.39 is 17.7 Å². The summed E-state index contributed by atoms with van der Waals surface area (Å²) in [5.41, 5.74) is 2.01. The number of carbonyl (C=O) groups is 2. The van der Waals surface area contributed by atoms with Gasteiger partial charge in [0.25, 0.3) is 11.7 Å². The van der Waals surface area contributed by atoms with Crippen molar-refractivity contribution < 1.29 is 28.9 Å². The molecule has 7 heteroatoms. The van der Waals surface area contributed by atoms with Crippen molar-refractivity contribution in [2.24, 2.45) is 5.92 Å². The van der Waals surface area contributed by atoms with Crippen LogP contribution in [0.15, 0.2) is 42.0 Å². The minimum atomic E-state index is -0.739. The van der Waals surface area contributed by atoms with Gasteiger partial charge in [-0.1, -0.05) is 26.8 Å². The van der Waals surface area contributed by atoms with Crippen molar-refractivity contribution in [1.29, 1.82) is 0 Å². The molecule has 1 unspecified atom stereocenters. The zero-order valence-electron chi connectivity index (χ0n) is 21.4. The van der Waals surface area contributed by atoms with Crippen LogP contribution in [-0.2, 0) is 9.59 Å². The molecule has 1 fully saturated rings. The molecule has 0 saturated carbocycles. The van der Waals surface area contributed by atoms with E-state index in [1.165, 1.54) is 12.0 Å². The maximum Gasteiger partial charge on any atom is 0.295 e. The topological polar surface area (TPSA) is 85.3 Å². The Bertz CT molecular complexity index is 1120. The van der Waals surface area contributed by atoms with Gasteiger partial charge in [0, 0.05) is 12.1 Å². The van der Waals surface area contributed by atoms with E-state index in [0.717, 1.165) is 11.3 Å². The zero-order chi connectivity index (χ0) is 25.7. The van der Waals surface area contributed by atoms with E-state index >= 15 is 0 Å². The molecule has 0 radical (unpaired) electrons. The van der Waals surface area contributed by atoms with E-state index in [0.29, 0.717) is 54.7 Å². The predicted molar refractivity (Wildman–Crippen MR) is 135 cm³/mol. The first-order valence-corrected chi connectivity index (χ1v) is 12.1. The number of ether oxygens (including phenoxy) is 3. The molecule has 35 heavy (non-hydrogen) atoms. The SMILES string of the molecule is CCCN1C(=O)C(=O)/C(=C(\O)c2ccc(OCC(C)C)c(C)c2)C1c1ccc(OCC)c(OC)c1. The molecule has 3 rings (SSSR count). The summed E-state index contributed by atoms with van der Waals surface area (Å²) in [4.78, 5) is 27.6. The van der Waals surface area contributed by atoms with Crippen LogP contribution < -0.4 is 14.2 Å². The van der Waals surface area contributed by atoms with Crippen LogP contribution in [0.4, 0.5) is 0 Å². The maximum atomic E-state index is 13.2. The molecule has 1 aliphatic heterocycles. The third-order valence-corrected chi connectivity index (χ3v) is 5.83. The van der Waals surface area contributed by atoms with Crippen LogP contribution in [0.3, 0.4) is 0 Å². The highest BCUT2D eigenvalue weighted by Gasteiger charge is 2.45. The quantitative estimate of drug-likeness (QED) is 0.283. The van der Waals surface area contributed by atoms with E-state index in [2.05, 4.69) is 13.8 Å². The highest BCUT2D eigenvalue weighted by Crippen LogP contribution is 2.42. The number of hydrogen-bond donors (Lipinski definition) is 1. The van der Waals surface area contributed by atoms with Crippen LogP contribution >= 0.6 is 0 Å². The Kier molecular flexibility index (Phi) is 8.43. The molecule has 0 bridgehead atoms. The Hall–Kier alpha value is -3.48. The van der Waals surface area contributed by atoms with E-state index in [1.54, 1.807) is 36.4 Å². The van der Waals surface area contributed by atoms with Crippen molar-refractivity contribution in [1.82, 2.24) is 4.90 Å². The fourth-order valence-electron chi connectivity index (χ4n) is 4.20. The summed E-state index contributed by atoms with van der Waals surface area (Å²) in [6.45, 7) is 11.3. The van der Waals surface area contributed by atoms with Crippen molar-refractivity contribution in [3.05, 3.63) is 58.7 Å². The van der Waals surface area contributed by atoms with Gasteiger partial charge in [-0.25, -0.2) is 0 Å². The Morgan fingerprint density at radius 1 is 1.03 bits per heavy atom. The number of Topliss-reactive ketones (excluding diaryl/α,β-unsaturated/α-hetero) is 1. The Labute approximate surface area is 207 Å². The van der Waals surface area contributed by atoms with Crippen LogP contribution in [0.25, 0.3) is 5.76 Å². The molecule has 1 atom stereocenters. The Morgan fingerprint density at radius 2 is 1.74 bits per heavy atom. The average molecular weight is 482 g/mol. The second-order valence-electron chi connectivity index (χ2n) is 9.02. The van der Waals surface area contributed by atoms with Gasteiger partial charge in [-0.3, -0.25) is 9.59 Å². The Morgan fingerprint density at radius 3 is 2.34 bits per heavy atom. The van der Waals surface area contributed by atoms with Gasteiger partial charge in [0.2, 0.25) is 0 Å². The summed E-state index contributed by atoms with van der Waals surface area (Å²) in [7, 11) is 1.54. The number of likely N-dealkylation sites (tertiary alicyclic amines) is 1. The van der Waals surface area contributed by atoms with Gasteiger partial charge in [0.15, 0.2) is 11.5 Å². The molecular weight excluding hydrogens is 446 g/mol. The van der Waals surface area contributed by atoms with Crippen LogP contribution in [0, 0.1) is 12.8 Å². The first-order chi connectivity index (χ1) is 16.7. The molecule has 2 aromatic carbocycles. The summed E-state index contributed by atoms with van der Waals surface area (Å²) in [5.74, 6) is 0.620. The number of carbonyl (C=O) groups excluding carboxylic acids is 2. The van der Waals surface area contributed by atoms with E-state index in [-0.39, 0.29) is 11.3 Å². The monoisotopic (exact) mass is 481 g/mol. The maximum absolute atomic E-state index is 13.2.